The number of benzene rings is 1. The Kier molecular flexibility index (Phi) is 4.43. The zero-order valence-corrected chi connectivity index (χ0v) is 12.8. The average molecular weight is 308 g/mol. The van der Waals surface area contributed by atoms with Crippen molar-refractivity contribution in [1.29, 1.82) is 0 Å². The van der Waals surface area contributed by atoms with Gasteiger partial charge in [-0.3, -0.25) is 9.69 Å². The first-order chi connectivity index (χ1) is 10.5. The number of hydrogen-bond acceptors (Lipinski definition) is 2. The highest BCUT2D eigenvalue weighted by atomic mass is 19.2. The molecule has 2 aliphatic rings. The van der Waals surface area contributed by atoms with Crippen LogP contribution in [0.3, 0.4) is 0 Å². The Labute approximate surface area is 129 Å². The molecule has 1 unspecified atom stereocenters. The Balaban J connectivity index is 1.53. The molecule has 0 aromatic heterocycles. The van der Waals surface area contributed by atoms with Crippen LogP contribution in [-0.4, -0.2) is 29.9 Å². The summed E-state index contributed by atoms with van der Waals surface area (Å²) in [6.45, 7) is 3.72. The van der Waals surface area contributed by atoms with Crippen LogP contribution < -0.4 is 5.32 Å². The fourth-order valence-corrected chi connectivity index (χ4v) is 3.08. The molecule has 2 fully saturated rings. The lowest BCUT2D eigenvalue weighted by Gasteiger charge is -2.36. The number of halogens is 2. The van der Waals surface area contributed by atoms with E-state index in [1.165, 1.54) is 12.1 Å². The summed E-state index contributed by atoms with van der Waals surface area (Å²) in [4.78, 5) is 14.0. The number of carbonyl (C=O) groups is 1. The molecule has 0 spiro atoms. The van der Waals surface area contributed by atoms with E-state index in [9.17, 15) is 13.6 Å². The van der Waals surface area contributed by atoms with Crippen LogP contribution in [0.1, 0.15) is 44.2 Å². The van der Waals surface area contributed by atoms with E-state index in [-0.39, 0.29) is 23.9 Å². The second-order valence-electron chi connectivity index (χ2n) is 6.44. The number of likely N-dealkylation sites (tertiary alicyclic amines) is 1. The van der Waals surface area contributed by atoms with Gasteiger partial charge in [0.1, 0.15) is 0 Å². The summed E-state index contributed by atoms with van der Waals surface area (Å²) in [5, 5.41) is 3.12. The van der Waals surface area contributed by atoms with Gasteiger partial charge >= 0.3 is 0 Å². The predicted octanol–water partition coefficient (Wildman–Crippen LogP) is 3.02. The van der Waals surface area contributed by atoms with Gasteiger partial charge in [0.05, 0.1) is 0 Å². The average Bonchev–Trinajstić information content (AvgIpc) is 3.35. The number of hydrogen-bond donors (Lipinski definition) is 1. The Morgan fingerprint density at radius 3 is 2.45 bits per heavy atom. The van der Waals surface area contributed by atoms with Gasteiger partial charge in [-0.25, -0.2) is 8.78 Å². The van der Waals surface area contributed by atoms with Crippen molar-refractivity contribution < 1.29 is 13.6 Å². The number of piperidine rings is 1. The zero-order valence-electron chi connectivity index (χ0n) is 12.8. The third-order valence-electron chi connectivity index (χ3n) is 4.80. The topological polar surface area (TPSA) is 32.3 Å². The van der Waals surface area contributed by atoms with Crippen molar-refractivity contribution in [2.45, 2.75) is 44.7 Å². The van der Waals surface area contributed by atoms with Crippen molar-refractivity contribution in [1.82, 2.24) is 10.2 Å². The van der Waals surface area contributed by atoms with Crippen LogP contribution in [-0.2, 0) is 4.79 Å². The molecule has 1 heterocycles. The van der Waals surface area contributed by atoms with E-state index in [4.69, 9.17) is 0 Å². The molecule has 1 N–H and O–H groups in total. The lowest BCUT2D eigenvalue weighted by Crippen LogP contribution is -2.45. The molecule has 1 aromatic carbocycles. The molecule has 3 nitrogen and oxygen atoms in total. The number of amides is 1. The van der Waals surface area contributed by atoms with Crippen molar-refractivity contribution in [3.05, 3.63) is 35.4 Å². The van der Waals surface area contributed by atoms with Gasteiger partial charge in [0.25, 0.3) is 0 Å². The van der Waals surface area contributed by atoms with Crippen molar-refractivity contribution in [3.8, 4) is 0 Å². The van der Waals surface area contributed by atoms with E-state index in [1.54, 1.807) is 6.07 Å². The van der Waals surface area contributed by atoms with Gasteiger partial charge in [-0.05, 0) is 50.3 Å². The molecule has 0 radical (unpaired) electrons. The molecule has 1 saturated heterocycles. The summed E-state index contributed by atoms with van der Waals surface area (Å²) in [6.07, 6.45) is 3.87. The normalized spacial score (nSPS) is 21.6. The van der Waals surface area contributed by atoms with Crippen molar-refractivity contribution in [2.75, 3.05) is 13.1 Å². The lowest BCUT2D eigenvalue weighted by molar-refractivity contribution is -0.123. The summed E-state index contributed by atoms with van der Waals surface area (Å²) in [6, 6.07) is 4.41. The second kappa shape index (κ2) is 6.32. The minimum Gasteiger partial charge on any atom is -0.353 e. The molecule has 5 heteroatoms. The minimum absolute atomic E-state index is 0.0511. The van der Waals surface area contributed by atoms with E-state index < -0.39 is 11.6 Å². The van der Waals surface area contributed by atoms with Gasteiger partial charge < -0.3 is 5.32 Å². The standard InChI is InChI=1S/C17H22F2N2O/c1-11(13-4-5-15(18)16(19)10-13)21-8-6-14(7-9-21)20-17(22)12-2-3-12/h4-5,10-12,14H,2-3,6-9H2,1H3,(H,20,22). The maximum atomic E-state index is 13.4. The second-order valence-corrected chi connectivity index (χ2v) is 6.44. The molecule has 1 amide bonds. The van der Waals surface area contributed by atoms with Gasteiger partial charge in [-0.15, -0.1) is 0 Å². The molecular formula is C17H22F2N2O. The van der Waals surface area contributed by atoms with E-state index >= 15 is 0 Å². The van der Waals surface area contributed by atoms with Gasteiger partial charge in [-0.1, -0.05) is 6.07 Å². The monoisotopic (exact) mass is 308 g/mol. The van der Waals surface area contributed by atoms with Gasteiger partial charge in [0.2, 0.25) is 5.91 Å². The van der Waals surface area contributed by atoms with E-state index in [2.05, 4.69) is 10.2 Å². The number of nitrogens with one attached hydrogen (secondary N) is 1. The van der Waals surface area contributed by atoms with Crippen LogP contribution in [0, 0.1) is 17.6 Å². The third kappa shape index (κ3) is 3.46. The highest BCUT2D eigenvalue weighted by molar-refractivity contribution is 5.81. The van der Waals surface area contributed by atoms with Crippen LogP contribution in [0.15, 0.2) is 18.2 Å². The fourth-order valence-electron chi connectivity index (χ4n) is 3.08. The van der Waals surface area contributed by atoms with Gasteiger partial charge in [-0.2, -0.15) is 0 Å². The number of carbonyl (C=O) groups excluding carboxylic acids is 1. The molecule has 1 aliphatic carbocycles. The number of rotatable bonds is 4. The molecule has 3 rings (SSSR count). The summed E-state index contributed by atoms with van der Waals surface area (Å²) >= 11 is 0. The minimum atomic E-state index is -0.808. The Hall–Kier alpha value is -1.49. The lowest BCUT2D eigenvalue weighted by atomic mass is 10.00. The zero-order chi connectivity index (χ0) is 15.7. The van der Waals surface area contributed by atoms with Crippen LogP contribution in [0.25, 0.3) is 0 Å². The SMILES string of the molecule is CC(c1ccc(F)c(F)c1)N1CCC(NC(=O)C2CC2)CC1. The predicted molar refractivity (Wildman–Crippen MR) is 80.2 cm³/mol. The highest BCUT2D eigenvalue weighted by Crippen LogP contribution is 2.30. The third-order valence-corrected chi connectivity index (χ3v) is 4.80. The molecule has 22 heavy (non-hydrogen) atoms. The largest absolute Gasteiger partial charge is 0.353 e. The molecule has 0 bridgehead atoms. The molecule has 120 valence electrons. The van der Waals surface area contributed by atoms with Crippen LogP contribution in [0.5, 0.6) is 0 Å². The smallest absolute Gasteiger partial charge is 0.223 e. The summed E-state index contributed by atoms with van der Waals surface area (Å²) in [5.41, 5.74) is 0.791. The van der Waals surface area contributed by atoms with Crippen molar-refractivity contribution in [3.63, 3.8) is 0 Å². The van der Waals surface area contributed by atoms with E-state index in [0.717, 1.165) is 44.3 Å². The Morgan fingerprint density at radius 1 is 1.18 bits per heavy atom. The Bertz CT molecular complexity index is 552. The molecule has 1 aromatic rings. The number of nitrogens with zero attached hydrogens (tertiary/aromatic N) is 1. The first kappa shape index (κ1) is 15.4. The van der Waals surface area contributed by atoms with Crippen LogP contribution in [0.2, 0.25) is 0 Å². The summed E-state index contributed by atoms with van der Waals surface area (Å²) in [5.74, 6) is -1.15. The quantitative estimate of drug-likeness (QED) is 0.927. The summed E-state index contributed by atoms with van der Waals surface area (Å²) in [7, 11) is 0. The maximum Gasteiger partial charge on any atom is 0.223 e. The fraction of sp³-hybridized carbons (Fsp3) is 0.588. The first-order valence-electron chi connectivity index (χ1n) is 8.04. The molecule has 1 saturated carbocycles. The molecular weight excluding hydrogens is 286 g/mol. The van der Waals surface area contributed by atoms with Crippen LogP contribution >= 0.6 is 0 Å². The van der Waals surface area contributed by atoms with E-state index in [1.807, 2.05) is 6.92 Å². The first-order valence-corrected chi connectivity index (χ1v) is 8.04. The summed E-state index contributed by atoms with van der Waals surface area (Å²) < 4.78 is 26.4. The van der Waals surface area contributed by atoms with Gasteiger partial charge in [0, 0.05) is 31.1 Å². The van der Waals surface area contributed by atoms with E-state index in [0.29, 0.717) is 0 Å². The Morgan fingerprint density at radius 2 is 1.86 bits per heavy atom. The van der Waals surface area contributed by atoms with Crippen molar-refractivity contribution in [2.24, 2.45) is 5.92 Å². The van der Waals surface area contributed by atoms with Crippen molar-refractivity contribution >= 4 is 5.91 Å². The maximum absolute atomic E-state index is 13.4. The molecule has 1 aliphatic heterocycles. The molecule has 1 atom stereocenters. The van der Waals surface area contributed by atoms with Gasteiger partial charge in [0.15, 0.2) is 11.6 Å². The van der Waals surface area contributed by atoms with Crippen LogP contribution in [0.4, 0.5) is 8.78 Å². The highest BCUT2D eigenvalue weighted by Gasteiger charge is 2.32.